The fourth-order valence-electron chi connectivity index (χ4n) is 2.69. The number of amides is 2. The van der Waals surface area contributed by atoms with E-state index in [-0.39, 0.29) is 0 Å². The zero-order valence-electron chi connectivity index (χ0n) is 13.5. The van der Waals surface area contributed by atoms with Crippen molar-refractivity contribution in [1.29, 1.82) is 0 Å². The largest absolute Gasteiger partial charge is 0.459 e. The van der Waals surface area contributed by atoms with E-state index < -0.39 is 36.5 Å². The number of nitrogens with two attached hydrogens (primary N) is 1. The molecule has 0 aliphatic carbocycles. The minimum Gasteiger partial charge on any atom is -0.459 e. The number of rotatable bonds is 6. The molecule has 0 aromatic rings. The van der Waals surface area contributed by atoms with Crippen LogP contribution < -0.4 is 5.73 Å². The number of hydrogen-bond acceptors (Lipinski definition) is 5. The highest BCUT2D eigenvalue weighted by molar-refractivity contribution is 5.79. The molecule has 2 bridgehead atoms. The molecule has 0 unspecified atom stereocenters. The van der Waals surface area contributed by atoms with Gasteiger partial charge in [-0.25, -0.2) is 18.8 Å². The summed E-state index contributed by atoms with van der Waals surface area (Å²) >= 11 is 0. The summed E-state index contributed by atoms with van der Waals surface area (Å²) in [6.45, 7) is 9.23. The molecular weight excluding hydrogens is 305 g/mol. The Morgan fingerprint density at radius 1 is 1.61 bits per heavy atom. The van der Waals surface area contributed by atoms with Crippen molar-refractivity contribution in [2.75, 3.05) is 6.54 Å². The Morgan fingerprint density at radius 3 is 2.83 bits per heavy atom. The fraction of sp³-hybridized carbons (Fsp3) is 0.600. The highest BCUT2D eigenvalue weighted by Crippen LogP contribution is 2.31. The summed E-state index contributed by atoms with van der Waals surface area (Å²) in [4.78, 5) is 30.3. The third-order valence-corrected chi connectivity index (χ3v) is 3.95. The molecule has 128 valence electrons. The molecule has 2 rings (SSSR count). The summed E-state index contributed by atoms with van der Waals surface area (Å²) in [5.74, 6) is -1.15. The number of carbonyl (C=O) groups excluding carboxylic acids is 2. The van der Waals surface area contributed by atoms with Crippen LogP contribution in [0.25, 0.3) is 0 Å². The van der Waals surface area contributed by atoms with E-state index in [1.54, 1.807) is 19.9 Å². The average Bonchev–Trinajstić information content (AvgIpc) is 2.71. The molecule has 4 atom stereocenters. The van der Waals surface area contributed by atoms with E-state index in [2.05, 4.69) is 6.58 Å². The second kappa shape index (κ2) is 6.57. The van der Waals surface area contributed by atoms with E-state index in [1.165, 1.54) is 4.90 Å². The van der Waals surface area contributed by atoms with Crippen molar-refractivity contribution >= 4 is 12.0 Å². The van der Waals surface area contributed by atoms with Gasteiger partial charge in [0.2, 0.25) is 0 Å². The first kappa shape index (κ1) is 17.3. The Kier molecular flexibility index (Phi) is 4.93. The number of carbonyl (C=O) groups is 2. The molecule has 0 saturated carbocycles. The van der Waals surface area contributed by atoms with Gasteiger partial charge in [-0.15, -0.1) is 0 Å². The van der Waals surface area contributed by atoms with Gasteiger partial charge >= 0.3 is 18.4 Å². The number of urea groups is 1. The fourth-order valence-corrected chi connectivity index (χ4v) is 2.69. The van der Waals surface area contributed by atoms with Crippen molar-refractivity contribution in [3.05, 3.63) is 23.9 Å². The summed E-state index contributed by atoms with van der Waals surface area (Å²) in [6.07, 6.45) is -0.466. The van der Waals surface area contributed by atoms with Gasteiger partial charge in [0.15, 0.2) is 0 Å². The molecule has 1 fully saturated rings. The lowest BCUT2D eigenvalue weighted by Crippen LogP contribution is -2.43. The van der Waals surface area contributed by atoms with E-state index in [0.29, 0.717) is 18.7 Å². The van der Waals surface area contributed by atoms with Crippen molar-refractivity contribution in [3.8, 4) is 0 Å². The number of ether oxygens (including phenoxy) is 1. The highest BCUT2D eigenvalue weighted by atomic mass is 19.1. The van der Waals surface area contributed by atoms with E-state index >= 15 is 0 Å². The predicted octanol–water partition coefficient (Wildman–Crippen LogP) is 1.46. The predicted molar refractivity (Wildman–Crippen MR) is 80.4 cm³/mol. The van der Waals surface area contributed by atoms with Gasteiger partial charge in [-0.05, 0) is 25.8 Å². The number of halogens is 1. The van der Waals surface area contributed by atoms with E-state index in [1.807, 2.05) is 6.92 Å². The zero-order chi connectivity index (χ0) is 17.3. The van der Waals surface area contributed by atoms with Crippen LogP contribution in [0, 0.1) is 0 Å². The maximum atomic E-state index is 14.0. The van der Waals surface area contributed by atoms with Crippen LogP contribution in [0.15, 0.2) is 23.9 Å². The van der Waals surface area contributed by atoms with Crippen LogP contribution in [0.2, 0.25) is 0 Å². The minimum atomic E-state index is -2.36. The average molecular weight is 327 g/mol. The van der Waals surface area contributed by atoms with Crippen LogP contribution in [0.4, 0.5) is 9.18 Å². The van der Waals surface area contributed by atoms with Crippen molar-refractivity contribution in [3.63, 3.8) is 0 Å². The van der Waals surface area contributed by atoms with Crippen LogP contribution in [-0.4, -0.2) is 53.1 Å². The maximum Gasteiger partial charge on any atom is 0.371 e. The summed E-state index contributed by atoms with van der Waals surface area (Å²) in [5.41, 5.74) is 6.88. The van der Waals surface area contributed by atoms with Crippen molar-refractivity contribution in [2.24, 2.45) is 5.73 Å². The summed E-state index contributed by atoms with van der Waals surface area (Å²) in [6, 6.07) is -1.48. The lowest BCUT2D eigenvalue weighted by molar-refractivity contribution is -0.225. The lowest BCUT2D eigenvalue weighted by atomic mass is 9.99. The lowest BCUT2D eigenvalue weighted by Gasteiger charge is -2.30. The van der Waals surface area contributed by atoms with E-state index in [9.17, 15) is 14.0 Å². The first-order chi connectivity index (χ1) is 10.8. The number of nitrogens with zero attached hydrogens (tertiary/aromatic N) is 2. The molecule has 2 aliphatic heterocycles. The first-order valence-electron chi connectivity index (χ1n) is 7.50. The number of alkyl halides is 1. The quantitative estimate of drug-likeness (QED) is 0.590. The molecular formula is C15H22FN3O4. The van der Waals surface area contributed by atoms with E-state index in [4.69, 9.17) is 15.3 Å². The number of hydrogen-bond donors (Lipinski definition) is 1. The molecule has 0 aromatic heterocycles. The van der Waals surface area contributed by atoms with Crippen molar-refractivity contribution in [2.45, 2.75) is 51.7 Å². The van der Waals surface area contributed by atoms with Gasteiger partial charge in [-0.3, -0.25) is 0 Å². The number of esters is 1. The number of fused-ring (bicyclic) bond motifs is 2. The second-order valence-electron chi connectivity index (χ2n) is 5.79. The molecule has 8 heteroatoms. The third kappa shape index (κ3) is 3.31. The Balaban J connectivity index is 2.07. The van der Waals surface area contributed by atoms with Gasteiger partial charge in [-0.2, -0.15) is 5.06 Å². The summed E-state index contributed by atoms with van der Waals surface area (Å²) < 4.78 is 18.8. The molecule has 2 N–H and O–H groups in total. The SMILES string of the molecule is C=C(N)[C@@H]1C(C)=C[C@@H]2CN1C(=O)N2O[C@@H](F)C(=O)O[C@H](C)CC. The second-order valence-corrected chi connectivity index (χ2v) is 5.79. The zero-order valence-corrected chi connectivity index (χ0v) is 13.5. The van der Waals surface area contributed by atoms with Crippen LogP contribution in [0.3, 0.4) is 0 Å². The van der Waals surface area contributed by atoms with Gasteiger partial charge in [-0.1, -0.05) is 19.6 Å². The van der Waals surface area contributed by atoms with Crippen molar-refractivity contribution in [1.82, 2.24) is 9.96 Å². The molecule has 0 radical (unpaired) electrons. The smallest absolute Gasteiger partial charge is 0.371 e. The molecule has 2 amide bonds. The molecule has 23 heavy (non-hydrogen) atoms. The molecule has 2 heterocycles. The van der Waals surface area contributed by atoms with Gasteiger partial charge in [0, 0.05) is 5.70 Å². The Hall–Kier alpha value is -2.09. The van der Waals surface area contributed by atoms with Gasteiger partial charge < -0.3 is 15.4 Å². The third-order valence-electron chi connectivity index (χ3n) is 3.95. The molecule has 7 nitrogen and oxygen atoms in total. The monoisotopic (exact) mass is 327 g/mol. The van der Waals surface area contributed by atoms with Crippen LogP contribution in [0.1, 0.15) is 27.2 Å². The highest BCUT2D eigenvalue weighted by Gasteiger charge is 2.47. The van der Waals surface area contributed by atoms with E-state index in [0.717, 1.165) is 10.6 Å². The summed E-state index contributed by atoms with van der Waals surface area (Å²) in [7, 11) is 0. The maximum absolute atomic E-state index is 14.0. The van der Waals surface area contributed by atoms with Crippen LogP contribution in [0.5, 0.6) is 0 Å². The Labute approximate surface area is 134 Å². The van der Waals surface area contributed by atoms with Gasteiger partial charge in [0.25, 0.3) is 0 Å². The molecule has 0 aromatic carbocycles. The Bertz CT molecular complexity index is 551. The van der Waals surface area contributed by atoms with Gasteiger partial charge in [0.1, 0.15) is 0 Å². The standard InChI is InChI=1S/C15H22FN3O4/c1-5-9(3)22-14(20)13(16)23-19-11-6-8(2)12(10(4)17)18(7-11)15(19)21/h6,9,11-13H,4-5,7,17H2,1-3H3/t9-,11-,12+,13-/m1/s1. The normalized spacial score (nSPS) is 25.9. The molecule has 2 aliphatic rings. The summed E-state index contributed by atoms with van der Waals surface area (Å²) in [5, 5.41) is 0.856. The first-order valence-corrected chi connectivity index (χ1v) is 7.50. The minimum absolute atomic E-state index is 0.296. The molecule has 1 saturated heterocycles. The van der Waals surface area contributed by atoms with Crippen LogP contribution in [-0.2, 0) is 14.4 Å². The Morgan fingerprint density at radius 2 is 2.26 bits per heavy atom. The number of hydroxylamine groups is 2. The molecule has 0 spiro atoms. The van der Waals surface area contributed by atoms with Crippen LogP contribution >= 0.6 is 0 Å². The van der Waals surface area contributed by atoms with Gasteiger partial charge in [0.05, 0.1) is 24.7 Å². The topological polar surface area (TPSA) is 85.1 Å². The van der Waals surface area contributed by atoms with Crippen molar-refractivity contribution < 1.29 is 23.6 Å².